The fourth-order valence-electron chi connectivity index (χ4n) is 3.37. The monoisotopic (exact) mass is 355 g/mol. The molecule has 3 aromatic rings. The zero-order valence-electron chi connectivity index (χ0n) is 15.9. The number of aryl methyl sites for hydroxylation is 1. The van der Waals surface area contributed by atoms with E-state index in [9.17, 15) is 4.39 Å². The second-order valence-electron chi connectivity index (χ2n) is 6.55. The van der Waals surface area contributed by atoms with Crippen LogP contribution in [-0.2, 0) is 17.8 Å². The molecule has 1 aromatic carbocycles. The molecule has 0 atom stereocenters. The summed E-state index contributed by atoms with van der Waals surface area (Å²) < 4.78 is 21.1. The molecule has 0 radical (unpaired) electrons. The highest BCUT2D eigenvalue weighted by Crippen LogP contribution is 2.28. The lowest BCUT2D eigenvalue weighted by molar-refractivity contribution is 0.139. The maximum Gasteiger partial charge on any atom is 0.123 e. The molecule has 0 saturated carbocycles. The van der Waals surface area contributed by atoms with Crippen molar-refractivity contribution < 1.29 is 9.13 Å². The lowest BCUT2D eigenvalue weighted by Crippen LogP contribution is -2.18. The third-order valence-electron chi connectivity index (χ3n) is 4.94. The van der Waals surface area contributed by atoms with E-state index in [0.717, 1.165) is 30.0 Å². The van der Waals surface area contributed by atoms with Crippen LogP contribution in [0.4, 0.5) is 10.1 Å². The van der Waals surface area contributed by atoms with Gasteiger partial charge in [-0.1, -0.05) is 0 Å². The molecule has 2 heterocycles. The number of pyridine rings is 1. The van der Waals surface area contributed by atoms with Crippen molar-refractivity contribution in [2.24, 2.45) is 0 Å². The molecule has 0 aliphatic rings. The first-order valence-corrected chi connectivity index (χ1v) is 9.00. The molecular weight excluding hydrogens is 329 g/mol. The number of rotatable bonds is 7. The summed E-state index contributed by atoms with van der Waals surface area (Å²) in [4.78, 5) is 6.74. The summed E-state index contributed by atoms with van der Waals surface area (Å²) in [6, 6.07) is 8.63. The smallest absolute Gasteiger partial charge is 0.123 e. The van der Waals surface area contributed by atoms with Crippen molar-refractivity contribution in [1.29, 1.82) is 0 Å². The third kappa shape index (κ3) is 3.58. The SMILES string of the molecule is CCOCCn1c(C)c(C)c2ccnc(CN(C)c3ccc(F)cc3)c21. The van der Waals surface area contributed by atoms with Gasteiger partial charge in [-0.3, -0.25) is 4.98 Å². The van der Waals surface area contributed by atoms with E-state index < -0.39 is 0 Å². The van der Waals surface area contributed by atoms with Crippen molar-refractivity contribution in [3.05, 3.63) is 59.3 Å². The molecule has 5 heteroatoms. The van der Waals surface area contributed by atoms with Crippen molar-refractivity contribution in [3.8, 4) is 0 Å². The molecular formula is C21H26FN3O. The van der Waals surface area contributed by atoms with Crippen LogP contribution in [0.1, 0.15) is 23.9 Å². The number of fused-ring (bicyclic) bond motifs is 1. The van der Waals surface area contributed by atoms with Crippen molar-refractivity contribution in [3.63, 3.8) is 0 Å². The summed E-state index contributed by atoms with van der Waals surface area (Å²) in [5, 5.41) is 1.23. The van der Waals surface area contributed by atoms with Crippen LogP contribution in [0.3, 0.4) is 0 Å². The summed E-state index contributed by atoms with van der Waals surface area (Å²) in [6.45, 7) is 9.18. The Kier molecular flexibility index (Phi) is 5.57. The number of aromatic nitrogens is 2. The molecule has 26 heavy (non-hydrogen) atoms. The average molecular weight is 355 g/mol. The lowest BCUT2D eigenvalue weighted by Gasteiger charge is -2.20. The zero-order chi connectivity index (χ0) is 18.7. The Morgan fingerprint density at radius 3 is 2.58 bits per heavy atom. The van der Waals surface area contributed by atoms with Crippen molar-refractivity contribution in [2.75, 3.05) is 25.2 Å². The first kappa shape index (κ1) is 18.4. The van der Waals surface area contributed by atoms with Crippen LogP contribution >= 0.6 is 0 Å². The minimum absolute atomic E-state index is 0.224. The van der Waals surface area contributed by atoms with Crippen LogP contribution in [0.5, 0.6) is 0 Å². The van der Waals surface area contributed by atoms with Crippen LogP contribution in [0.2, 0.25) is 0 Å². The van der Waals surface area contributed by atoms with Gasteiger partial charge >= 0.3 is 0 Å². The molecule has 3 rings (SSSR count). The number of benzene rings is 1. The topological polar surface area (TPSA) is 30.3 Å². The minimum atomic E-state index is -0.224. The molecule has 0 amide bonds. The first-order chi connectivity index (χ1) is 12.5. The Balaban J connectivity index is 1.97. The van der Waals surface area contributed by atoms with Crippen molar-refractivity contribution >= 4 is 16.6 Å². The molecule has 0 N–H and O–H groups in total. The first-order valence-electron chi connectivity index (χ1n) is 9.00. The molecule has 138 valence electrons. The maximum absolute atomic E-state index is 13.2. The maximum atomic E-state index is 13.2. The van der Waals surface area contributed by atoms with Crippen molar-refractivity contribution in [2.45, 2.75) is 33.9 Å². The predicted molar refractivity (Wildman–Crippen MR) is 104 cm³/mol. The summed E-state index contributed by atoms with van der Waals surface area (Å²) in [7, 11) is 2.00. The standard InChI is InChI=1S/C21H26FN3O/c1-5-26-13-12-25-16(3)15(2)19-10-11-23-20(21(19)25)14-24(4)18-8-6-17(22)7-9-18/h6-11H,5,12-14H2,1-4H3. The van der Waals surface area contributed by atoms with E-state index >= 15 is 0 Å². The highest BCUT2D eigenvalue weighted by molar-refractivity contribution is 5.87. The number of halogens is 1. The van der Waals surface area contributed by atoms with Gasteiger partial charge in [-0.25, -0.2) is 4.39 Å². The number of hydrogen-bond donors (Lipinski definition) is 0. The van der Waals surface area contributed by atoms with Crippen LogP contribution in [0, 0.1) is 19.7 Å². The fourth-order valence-corrected chi connectivity index (χ4v) is 3.37. The van der Waals surface area contributed by atoms with Gasteiger partial charge in [0, 0.05) is 43.2 Å². The second kappa shape index (κ2) is 7.87. The average Bonchev–Trinajstić information content (AvgIpc) is 2.88. The van der Waals surface area contributed by atoms with Gasteiger partial charge in [-0.05, 0) is 56.7 Å². The summed E-state index contributed by atoms with van der Waals surface area (Å²) >= 11 is 0. The van der Waals surface area contributed by atoms with E-state index in [0.29, 0.717) is 13.2 Å². The molecule has 0 aliphatic heterocycles. The van der Waals surface area contributed by atoms with Gasteiger partial charge in [0.15, 0.2) is 0 Å². The van der Waals surface area contributed by atoms with E-state index in [4.69, 9.17) is 4.74 Å². The Morgan fingerprint density at radius 2 is 1.88 bits per heavy atom. The van der Waals surface area contributed by atoms with Crippen LogP contribution in [0.15, 0.2) is 36.5 Å². The largest absolute Gasteiger partial charge is 0.380 e. The quantitative estimate of drug-likeness (QED) is 0.586. The molecule has 4 nitrogen and oxygen atoms in total. The highest BCUT2D eigenvalue weighted by atomic mass is 19.1. The van der Waals surface area contributed by atoms with Gasteiger partial charge in [0.1, 0.15) is 5.82 Å². The van der Waals surface area contributed by atoms with Gasteiger partial charge in [0.2, 0.25) is 0 Å². The molecule has 0 spiro atoms. The number of anilines is 1. The van der Waals surface area contributed by atoms with E-state index in [2.05, 4.69) is 34.4 Å². The Hall–Kier alpha value is -2.40. The molecule has 0 aliphatic carbocycles. The van der Waals surface area contributed by atoms with Crippen LogP contribution < -0.4 is 4.90 Å². The highest BCUT2D eigenvalue weighted by Gasteiger charge is 2.16. The molecule has 0 unspecified atom stereocenters. The second-order valence-corrected chi connectivity index (χ2v) is 6.55. The molecule has 0 saturated heterocycles. The molecule has 0 fully saturated rings. The Bertz CT molecular complexity index is 886. The minimum Gasteiger partial charge on any atom is -0.380 e. The summed E-state index contributed by atoms with van der Waals surface area (Å²) in [5.74, 6) is -0.224. The van der Waals surface area contributed by atoms with Gasteiger partial charge in [0.25, 0.3) is 0 Å². The van der Waals surface area contributed by atoms with Gasteiger partial charge < -0.3 is 14.2 Å². The molecule has 2 aromatic heterocycles. The predicted octanol–water partition coefficient (Wildman–Crippen LogP) is 4.47. The van der Waals surface area contributed by atoms with Crippen molar-refractivity contribution in [1.82, 2.24) is 9.55 Å². The fraction of sp³-hybridized carbons (Fsp3) is 0.381. The third-order valence-corrected chi connectivity index (χ3v) is 4.94. The summed E-state index contributed by atoms with van der Waals surface area (Å²) in [5.41, 5.74) is 5.67. The Labute approximate surface area is 154 Å². The number of ether oxygens (including phenoxy) is 1. The molecule has 0 bridgehead atoms. The van der Waals surface area contributed by atoms with E-state index in [1.54, 1.807) is 12.1 Å². The Morgan fingerprint density at radius 1 is 1.15 bits per heavy atom. The summed E-state index contributed by atoms with van der Waals surface area (Å²) in [6.07, 6.45) is 1.87. The van der Waals surface area contributed by atoms with E-state index in [1.165, 1.54) is 28.8 Å². The lowest BCUT2D eigenvalue weighted by atomic mass is 10.1. The van der Waals surface area contributed by atoms with Gasteiger partial charge in [0.05, 0.1) is 24.4 Å². The van der Waals surface area contributed by atoms with E-state index in [-0.39, 0.29) is 5.82 Å². The normalized spacial score (nSPS) is 11.3. The zero-order valence-corrected chi connectivity index (χ0v) is 15.9. The van der Waals surface area contributed by atoms with Gasteiger partial charge in [-0.15, -0.1) is 0 Å². The van der Waals surface area contributed by atoms with E-state index in [1.807, 2.05) is 20.2 Å². The number of hydrogen-bond acceptors (Lipinski definition) is 3. The van der Waals surface area contributed by atoms with Crippen LogP contribution in [-0.4, -0.2) is 29.8 Å². The van der Waals surface area contributed by atoms with Gasteiger partial charge in [-0.2, -0.15) is 0 Å². The van der Waals surface area contributed by atoms with Crippen LogP contribution in [0.25, 0.3) is 10.9 Å². The number of nitrogens with zero attached hydrogens (tertiary/aromatic N) is 3.